The Bertz CT molecular complexity index is 330. The van der Waals surface area contributed by atoms with E-state index >= 15 is 0 Å². The highest BCUT2D eigenvalue weighted by Gasteiger charge is 2.23. The zero-order valence-electron chi connectivity index (χ0n) is 8.49. The molecule has 74 valence electrons. The van der Waals surface area contributed by atoms with Crippen LogP contribution in [0.4, 0.5) is 0 Å². The van der Waals surface area contributed by atoms with Crippen molar-refractivity contribution in [2.75, 3.05) is 0 Å². The van der Waals surface area contributed by atoms with E-state index in [0.29, 0.717) is 5.56 Å². The van der Waals surface area contributed by atoms with Crippen LogP contribution < -0.4 is 0 Å². The van der Waals surface area contributed by atoms with Crippen LogP contribution in [-0.4, -0.2) is 14.3 Å². The van der Waals surface area contributed by atoms with E-state index in [1.165, 1.54) is 0 Å². The Morgan fingerprint density at radius 1 is 1.36 bits per heavy atom. The second-order valence-electron chi connectivity index (χ2n) is 3.56. The molecule has 0 atom stereocenters. The second-order valence-corrected chi connectivity index (χ2v) is 7.38. The molecule has 0 saturated heterocycles. The predicted molar refractivity (Wildman–Crippen MR) is 59.5 cm³/mol. The van der Waals surface area contributed by atoms with Gasteiger partial charge in [-0.05, 0) is 25.2 Å². The van der Waals surface area contributed by atoms with Crippen LogP contribution in [0.5, 0.6) is 0 Å². The fourth-order valence-electron chi connectivity index (χ4n) is 0.914. The quantitative estimate of drug-likeness (QED) is 0.711. The monoisotopic (exact) mass is 206 g/mol. The smallest absolute Gasteiger partial charge is 0.325 e. The molecule has 1 aromatic rings. The van der Waals surface area contributed by atoms with Crippen molar-refractivity contribution in [2.24, 2.45) is 0 Å². The summed E-state index contributed by atoms with van der Waals surface area (Å²) < 4.78 is 5.35. The number of carbonyl (C=O) groups excluding carboxylic acids is 1. The number of rotatable bonds is 3. The number of carbonyl (C=O) groups is 1. The van der Waals surface area contributed by atoms with E-state index in [2.05, 4.69) is 6.58 Å². The summed E-state index contributed by atoms with van der Waals surface area (Å²) in [5, 5.41) is 0. The third-order valence-electron chi connectivity index (χ3n) is 1.86. The van der Waals surface area contributed by atoms with Crippen molar-refractivity contribution in [3.05, 3.63) is 48.2 Å². The Labute approximate surface area is 85.3 Å². The summed E-state index contributed by atoms with van der Waals surface area (Å²) in [5.41, 5.74) is 2.34. The van der Waals surface area contributed by atoms with E-state index in [1.54, 1.807) is 17.8 Å². The lowest BCUT2D eigenvalue weighted by Gasteiger charge is -2.17. The minimum Gasteiger partial charge on any atom is -0.512 e. The zero-order valence-corrected chi connectivity index (χ0v) is 9.49. The molecule has 3 heteroatoms. The van der Waals surface area contributed by atoms with Crippen molar-refractivity contribution in [1.82, 2.24) is 0 Å². The van der Waals surface area contributed by atoms with Crippen molar-refractivity contribution in [2.45, 2.75) is 13.1 Å². The van der Waals surface area contributed by atoms with Crippen molar-refractivity contribution in [1.29, 1.82) is 0 Å². The summed E-state index contributed by atoms with van der Waals surface area (Å²) >= 11 is 0. The Balaban J connectivity index is 2.74. The predicted octanol–water partition coefficient (Wildman–Crippen LogP) is 2.77. The van der Waals surface area contributed by atoms with E-state index in [9.17, 15) is 4.79 Å². The summed E-state index contributed by atoms with van der Waals surface area (Å²) in [6.45, 7) is 7.53. The number of hydrogen-bond donors (Lipinski definition) is 0. The molecule has 0 radical (unpaired) electrons. The van der Waals surface area contributed by atoms with Gasteiger partial charge in [-0.3, -0.25) is 0 Å². The molecule has 0 fully saturated rings. The molecular weight excluding hydrogens is 192 g/mol. The molecule has 2 nitrogen and oxygen atoms in total. The van der Waals surface area contributed by atoms with Crippen LogP contribution in [0.3, 0.4) is 0 Å². The van der Waals surface area contributed by atoms with Crippen LogP contribution in [0.25, 0.3) is 0 Å². The molecule has 14 heavy (non-hydrogen) atoms. The second kappa shape index (κ2) is 4.24. The molecule has 0 heterocycles. The van der Waals surface area contributed by atoms with Crippen LogP contribution in [0.15, 0.2) is 42.6 Å². The van der Waals surface area contributed by atoms with Gasteiger partial charge in [0.05, 0.1) is 5.56 Å². The molecule has 1 rings (SSSR count). The molecule has 0 bridgehead atoms. The van der Waals surface area contributed by atoms with Gasteiger partial charge in [-0.25, -0.2) is 4.79 Å². The maximum absolute atomic E-state index is 11.6. The molecule has 0 amide bonds. The molecular formula is C11H14O2Si. The zero-order chi connectivity index (χ0) is 10.6. The Morgan fingerprint density at radius 2 is 1.93 bits per heavy atom. The molecule has 0 aliphatic carbocycles. The van der Waals surface area contributed by atoms with Crippen LogP contribution >= 0.6 is 0 Å². The highest BCUT2D eigenvalue weighted by molar-refractivity contribution is 6.77. The summed E-state index contributed by atoms with van der Waals surface area (Å²) in [5.74, 6) is -0.262. The fourth-order valence-corrected chi connectivity index (χ4v) is 1.59. The molecule has 0 aliphatic heterocycles. The van der Waals surface area contributed by atoms with E-state index in [4.69, 9.17) is 4.43 Å². The van der Waals surface area contributed by atoms with Gasteiger partial charge in [-0.15, -0.1) is 6.58 Å². The van der Waals surface area contributed by atoms with Crippen molar-refractivity contribution >= 4 is 14.3 Å². The highest BCUT2D eigenvalue weighted by Crippen LogP contribution is 2.09. The van der Waals surface area contributed by atoms with Gasteiger partial charge in [0.2, 0.25) is 0 Å². The lowest BCUT2D eigenvalue weighted by Crippen LogP contribution is -2.31. The molecule has 1 aromatic carbocycles. The average Bonchev–Trinajstić information content (AvgIpc) is 2.19. The summed E-state index contributed by atoms with van der Waals surface area (Å²) in [4.78, 5) is 11.6. The molecule has 0 aliphatic rings. The van der Waals surface area contributed by atoms with Gasteiger partial charge in [-0.1, -0.05) is 23.9 Å². The first-order chi connectivity index (χ1) is 6.55. The third kappa shape index (κ3) is 2.85. The van der Waals surface area contributed by atoms with Crippen molar-refractivity contribution in [3.63, 3.8) is 0 Å². The maximum Gasteiger partial charge on any atom is 0.325 e. The number of hydrogen-bond acceptors (Lipinski definition) is 2. The first kappa shape index (κ1) is 10.7. The molecule has 0 aromatic heterocycles. The molecule has 0 N–H and O–H groups in total. The van der Waals surface area contributed by atoms with Gasteiger partial charge in [0.15, 0.2) is 0 Å². The number of benzene rings is 1. The minimum absolute atomic E-state index is 0.262. The lowest BCUT2D eigenvalue weighted by molar-refractivity contribution is 0.0727. The summed E-state index contributed by atoms with van der Waals surface area (Å²) in [7, 11) is -2.01. The van der Waals surface area contributed by atoms with E-state index in [0.717, 1.165) is 0 Å². The van der Waals surface area contributed by atoms with Gasteiger partial charge in [0.25, 0.3) is 8.32 Å². The van der Waals surface area contributed by atoms with E-state index < -0.39 is 8.32 Å². The largest absolute Gasteiger partial charge is 0.512 e. The fraction of sp³-hybridized carbons (Fsp3) is 0.182. The van der Waals surface area contributed by atoms with Crippen LogP contribution in [-0.2, 0) is 4.43 Å². The Kier molecular flexibility index (Phi) is 3.25. The average molecular weight is 206 g/mol. The maximum atomic E-state index is 11.6. The normalized spacial score (nSPS) is 10.7. The molecule has 0 saturated carbocycles. The van der Waals surface area contributed by atoms with Crippen LogP contribution in [0.2, 0.25) is 13.1 Å². The Morgan fingerprint density at radius 3 is 2.43 bits per heavy atom. The third-order valence-corrected chi connectivity index (χ3v) is 3.55. The van der Waals surface area contributed by atoms with Crippen molar-refractivity contribution in [3.8, 4) is 0 Å². The van der Waals surface area contributed by atoms with Crippen LogP contribution in [0.1, 0.15) is 10.4 Å². The van der Waals surface area contributed by atoms with E-state index in [1.807, 2.05) is 31.3 Å². The summed E-state index contributed by atoms with van der Waals surface area (Å²) in [6, 6.07) is 9.00. The summed E-state index contributed by atoms with van der Waals surface area (Å²) in [6.07, 6.45) is 0. The first-order valence-electron chi connectivity index (χ1n) is 4.47. The topological polar surface area (TPSA) is 26.3 Å². The first-order valence-corrected chi connectivity index (χ1v) is 7.46. The van der Waals surface area contributed by atoms with Crippen molar-refractivity contribution < 1.29 is 9.22 Å². The molecule has 0 spiro atoms. The van der Waals surface area contributed by atoms with Gasteiger partial charge < -0.3 is 4.43 Å². The SMILES string of the molecule is C=C[Si](C)(C)OC(=O)c1ccccc1. The lowest BCUT2D eigenvalue weighted by atomic mass is 10.2. The molecule has 0 unspecified atom stereocenters. The van der Waals surface area contributed by atoms with Gasteiger partial charge in [0, 0.05) is 0 Å². The minimum atomic E-state index is -2.01. The highest BCUT2D eigenvalue weighted by atomic mass is 28.4. The Hall–Kier alpha value is -1.35. The van der Waals surface area contributed by atoms with Gasteiger partial charge in [-0.2, -0.15) is 0 Å². The van der Waals surface area contributed by atoms with E-state index in [-0.39, 0.29) is 5.97 Å². The van der Waals surface area contributed by atoms with Gasteiger partial charge in [0.1, 0.15) is 0 Å². The van der Waals surface area contributed by atoms with Gasteiger partial charge >= 0.3 is 5.97 Å². The van der Waals surface area contributed by atoms with Crippen LogP contribution in [0, 0.1) is 0 Å². The standard InChI is InChI=1S/C11H14O2Si/c1-4-14(2,3)13-11(12)10-8-6-5-7-9-10/h4-9H,1H2,2-3H3.